The maximum absolute atomic E-state index is 11.5. The molecule has 0 aliphatic rings. The van der Waals surface area contributed by atoms with Gasteiger partial charge in [0.05, 0.1) is 0 Å². The molecule has 5 heteroatoms. The Hall–Kier alpha value is -2.33. The zero-order valence-electron chi connectivity index (χ0n) is 10.5. The van der Waals surface area contributed by atoms with Crippen molar-refractivity contribution in [3.63, 3.8) is 0 Å². The fourth-order valence-corrected chi connectivity index (χ4v) is 1.65. The number of ether oxygens (including phenoxy) is 1. The van der Waals surface area contributed by atoms with E-state index in [1.54, 1.807) is 0 Å². The molecular formula is C15H12ClNO3. The summed E-state index contributed by atoms with van der Waals surface area (Å²) in [5.74, 6) is -0.644. The molecule has 4 nitrogen and oxygen atoms in total. The molecule has 20 heavy (non-hydrogen) atoms. The Morgan fingerprint density at radius 2 is 2.00 bits per heavy atom. The first-order chi connectivity index (χ1) is 9.65. The van der Waals surface area contributed by atoms with Crippen LogP contribution in [-0.2, 0) is 16.1 Å². The second-order valence-corrected chi connectivity index (χ2v) is 4.42. The summed E-state index contributed by atoms with van der Waals surface area (Å²) < 4.78 is 5.02. The molecule has 0 spiro atoms. The zero-order valence-corrected chi connectivity index (χ0v) is 11.2. The van der Waals surface area contributed by atoms with E-state index in [4.69, 9.17) is 16.3 Å². The average molecular weight is 290 g/mol. The summed E-state index contributed by atoms with van der Waals surface area (Å²) in [7, 11) is 0. The number of carbonyl (C=O) groups excluding carboxylic acids is 1. The Balaban J connectivity index is 1.94. The number of hydrogen-bond acceptors (Lipinski definition) is 4. The highest BCUT2D eigenvalue weighted by Crippen LogP contribution is 2.28. The minimum atomic E-state index is -0.590. The van der Waals surface area contributed by atoms with Gasteiger partial charge < -0.3 is 9.84 Å². The fourth-order valence-electron chi connectivity index (χ4n) is 1.49. The quantitative estimate of drug-likeness (QED) is 0.692. The number of esters is 1. The van der Waals surface area contributed by atoms with Gasteiger partial charge in [-0.05, 0) is 23.8 Å². The van der Waals surface area contributed by atoms with Crippen LogP contribution in [0.15, 0.2) is 53.5 Å². The lowest BCUT2D eigenvalue weighted by molar-refractivity contribution is -0.136. The molecule has 102 valence electrons. The number of halogens is 1. The molecule has 0 amide bonds. The van der Waals surface area contributed by atoms with Gasteiger partial charge in [-0.25, -0.2) is 9.79 Å². The lowest BCUT2D eigenvalue weighted by atomic mass is 10.2. The second kappa shape index (κ2) is 6.73. The normalized spacial score (nSPS) is 10.7. The van der Waals surface area contributed by atoms with Crippen LogP contribution in [0.1, 0.15) is 5.56 Å². The van der Waals surface area contributed by atoms with Crippen molar-refractivity contribution in [3.05, 3.63) is 59.1 Å². The summed E-state index contributed by atoms with van der Waals surface area (Å²) in [6, 6.07) is 13.7. The van der Waals surface area contributed by atoms with E-state index in [0.29, 0.717) is 5.02 Å². The van der Waals surface area contributed by atoms with Crippen LogP contribution in [0, 0.1) is 0 Å². The molecule has 2 aromatic carbocycles. The largest absolute Gasteiger partial charge is 0.506 e. The van der Waals surface area contributed by atoms with Crippen LogP contribution in [0.4, 0.5) is 5.69 Å². The minimum Gasteiger partial charge on any atom is -0.506 e. The number of benzene rings is 2. The lowest BCUT2D eigenvalue weighted by Gasteiger charge is -2.02. The molecule has 0 aromatic heterocycles. The maximum Gasteiger partial charge on any atom is 0.349 e. The molecule has 0 bridgehead atoms. The predicted molar refractivity (Wildman–Crippen MR) is 77.5 cm³/mol. The number of rotatable bonds is 4. The van der Waals surface area contributed by atoms with Gasteiger partial charge in [-0.3, -0.25) is 0 Å². The van der Waals surface area contributed by atoms with Crippen LogP contribution in [0.2, 0.25) is 5.02 Å². The number of aliphatic imine (C=N–C) groups is 1. The molecule has 2 rings (SSSR count). The van der Waals surface area contributed by atoms with Crippen LogP contribution in [0.25, 0.3) is 0 Å². The van der Waals surface area contributed by atoms with Gasteiger partial charge in [-0.15, -0.1) is 0 Å². The molecule has 0 atom stereocenters. The molecule has 1 N–H and O–H groups in total. The number of carbonyl (C=O) groups is 1. The molecule has 0 unspecified atom stereocenters. The Kier molecular flexibility index (Phi) is 4.74. The summed E-state index contributed by atoms with van der Waals surface area (Å²) in [4.78, 5) is 15.3. The number of aromatic hydroxyl groups is 1. The average Bonchev–Trinajstić information content (AvgIpc) is 2.47. The van der Waals surface area contributed by atoms with Crippen molar-refractivity contribution in [2.24, 2.45) is 4.99 Å². The van der Waals surface area contributed by atoms with E-state index in [9.17, 15) is 9.90 Å². The highest BCUT2D eigenvalue weighted by atomic mass is 35.5. The Bertz CT molecular complexity index is 626. The van der Waals surface area contributed by atoms with Crippen molar-refractivity contribution in [1.29, 1.82) is 0 Å². The first-order valence-electron chi connectivity index (χ1n) is 5.88. The third kappa shape index (κ3) is 4.10. The smallest absolute Gasteiger partial charge is 0.349 e. The predicted octanol–water partition coefficient (Wildman–Crippen LogP) is 3.49. The zero-order chi connectivity index (χ0) is 14.4. The summed E-state index contributed by atoms with van der Waals surface area (Å²) in [5.41, 5.74) is 1.11. The van der Waals surface area contributed by atoms with Crippen molar-refractivity contribution in [1.82, 2.24) is 0 Å². The molecular weight excluding hydrogens is 278 g/mol. The monoisotopic (exact) mass is 289 g/mol. The lowest BCUT2D eigenvalue weighted by Crippen LogP contribution is -2.05. The number of hydrogen-bond donors (Lipinski definition) is 1. The summed E-state index contributed by atoms with van der Waals surface area (Å²) in [5, 5.41) is 9.95. The maximum atomic E-state index is 11.5. The van der Waals surface area contributed by atoms with Crippen molar-refractivity contribution in [2.45, 2.75) is 6.61 Å². The molecule has 0 radical (unpaired) electrons. The van der Waals surface area contributed by atoms with E-state index in [0.717, 1.165) is 11.8 Å². The van der Waals surface area contributed by atoms with Crippen molar-refractivity contribution < 1.29 is 14.6 Å². The van der Waals surface area contributed by atoms with Crippen LogP contribution in [0.3, 0.4) is 0 Å². The van der Waals surface area contributed by atoms with Crippen molar-refractivity contribution in [2.75, 3.05) is 0 Å². The number of phenolic OH excluding ortho intramolecular Hbond substituents is 1. The van der Waals surface area contributed by atoms with Gasteiger partial charge in [0.25, 0.3) is 0 Å². The molecule has 0 heterocycles. The highest BCUT2D eigenvalue weighted by molar-refractivity contribution is 6.31. The first-order valence-corrected chi connectivity index (χ1v) is 6.26. The third-order valence-corrected chi connectivity index (χ3v) is 2.71. The van der Waals surface area contributed by atoms with Gasteiger partial charge in [0.2, 0.25) is 0 Å². The minimum absolute atomic E-state index is 0.0542. The van der Waals surface area contributed by atoms with Gasteiger partial charge in [-0.2, -0.15) is 0 Å². The Labute approximate surface area is 121 Å². The second-order valence-electron chi connectivity index (χ2n) is 3.98. The van der Waals surface area contributed by atoms with E-state index >= 15 is 0 Å². The van der Waals surface area contributed by atoms with Crippen molar-refractivity contribution >= 4 is 29.5 Å². The first kappa shape index (κ1) is 14.1. The SMILES string of the molecule is O=C(/C=N/c1cc(Cl)ccc1O)OCc1ccccc1. The molecule has 2 aromatic rings. The van der Waals surface area contributed by atoms with Gasteiger partial charge in [0, 0.05) is 5.02 Å². The Morgan fingerprint density at radius 1 is 1.25 bits per heavy atom. The topological polar surface area (TPSA) is 58.9 Å². The van der Waals surface area contributed by atoms with E-state index < -0.39 is 5.97 Å². The molecule has 0 fully saturated rings. The molecule has 0 aliphatic carbocycles. The standard InChI is InChI=1S/C15H12ClNO3/c16-12-6-7-14(18)13(8-12)17-9-15(19)20-10-11-4-2-1-3-5-11/h1-9,18H,10H2/b17-9+. The Morgan fingerprint density at radius 3 is 2.75 bits per heavy atom. The van der Waals surface area contributed by atoms with E-state index in [1.807, 2.05) is 30.3 Å². The molecule has 0 saturated heterocycles. The van der Waals surface area contributed by atoms with Gasteiger partial charge in [0.15, 0.2) is 0 Å². The summed E-state index contributed by atoms with van der Waals surface area (Å²) in [6.07, 6.45) is 1.01. The summed E-state index contributed by atoms with van der Waals surface area (Å²) in [6.45, 7) is 0.174. The molecule has 0 aliphatic heterocycles. The van der Waals surface area contributed by atoms with Crippen LogP contribution >= 0.6 is 11.6 Å². The summed E-state index contributed by atoms with van der Waals surface area (Å²) >= 11 is 5.77. The van der Waals surface area contributed by atoms with Crippen LogP contribution in [-0.4, -0.2) is 17.3 Å². The fraction of sp³-hybridized carbons (Fsp3) is 0.0667. The molecule has 0 saturated carbocycles. The van der Waals surface area contributed by atoms with Crippen LogP contribution < -0.4 is 0 Å². The van der Waals surface area contributed by atoms with Crippen LogP contribution in [0.5, 0.6) is 5.75 Å². The van der Waals surface area contributed by atoms with Gasteiger partial charge >= 0.3 is 5.97 Å². The van der Waals surface area contributed by atoms with E-state index in [1.165, 1.54) is 18.2 Å². The van der Waals surface area contributed by atoms with Gasteiger partial charge in [0.1, 0.15) is 24.3 Å². The number of phenols is 1. The third-order valence-electron chi connectivity index (χ3n) is 2.47. The highest BCUT2D eigenvalue weighted by Gasteiger charge is 2.02. The van der Waals surface area contributed by atoms with E-state index in [2.05, 4.69) is 4.99 Å². The van der Waals surface area contributed by atoms with Crippen molar-refractivity contribution in [3.8, 4) is 5.75 Å². The number of nitrogens with zero attached hydrogens (tertiary/aromatic N) is 1. The van der Waals surface area contributed by atoms with Gasteiger partial charge in [-0.1, -0.05) is 41.9 Å². The van der Waals surface area contributed by atoms with E-state index in [-0.39, 0.29) is 18.0 Å².